The van der Waals surface area contributed by atoms with Gasteiger partial charge in [-0.1, -0.05) is 41.7 Å². The minimum absolute atomic E-state index is 0.163. The van der Waals surface area contributed by atoms with E-state index < -0.39 is 15.6 Å². The fraction of sp³-hybridized carbons (Fsp3) is 0.600. The molecular formula is C5H6Cl4N2O2. The number of halogens is 4. The van der Waals surface area contributed by atoms with Gasteiger partial charge in [-0.05, 0) is 0 Å². The molecule has 0 rings (SSSR count). The number of carbonyl (C=O) groups is 2. The van der Waals surface area contributed by atoms with E-state index in [-0.39, 0.29) is 6.42 Å². The average Bonchev–Trinajstić information content (AvgIpc) is 2.01. The zero-order valence-corrected chi connectivity index (χ0v) is 9.51. The van der Waals surface area contributed by atoms with Crippen LogP contribution in [0.2, 0.25) is 0 Å². The number of nitrogens with zero attached hydrogens (tertiary/aromatic N) is 1. The largest absolute Gasteiger partial charge is 0.308 e. The van der Waals surface area contributed by atoms with Crippen molar-refractivity contribution in [1.82, 2.24) is 9.95 Å². The first-order valence-corrected chi connectivity index (χ1v) is 4.62. The van der Waals surface area contributed by atoms with Crippen molar-refractivity contribution in [2.45, 2.75) is 17.1 Å². The first-order chi connectivity index (χ1) is 5.79. The summed E-state index contributed by atoms with van der Waals surface area (Å²) in [5.74, 6) is -1.50. The fourth-order valence-electron chi connectivity index (χ4n) is 0.351. The Bertz CT molecular complexity index is 215. The zero-order valence-electron chi connectivity index (χ0n) is 6.48. The van der Waals surface area contributed by atoms with Crippen LogP contribution in [0.25, 0.3) is 0 Å². The summed E-state index contributed by atoms with van der Waals surface area (Å²) in [5, 5.41) is 0. The molecule has 0 fully saturated rings. The number of hydrogen-bond acceptors (Lipinski definition) is 2. The molecule has 0 spiro atoms. The van der Waals surface area contributed by atoms with E-state index >= 15 is 0 Å². The zero-order chi connectivity index (χ0) is 10.6. The summed E-state index contributed by atoms with van der Waals surface area (Å²) >= 11 is 20.9. The summed E-state index contributed by atoms with van der Waals surface area (Å²) in [7, 11) is 0. The van der Waals surface area contributed by atoms with Crippen LogP contribution in [0.1, 0.15) is 13.3 Å². The van der Waals surface area contributed by atoms with E-state index in [1.807, 2.05) is 5.43 Å². The number of alkyl halides is 3. The van der Waals surface area contributed by atoms with E-state index in [0.29, 0.717) is 4.53 Å². The van der Waals surface area contributed by atoms with Crippen LogP contribution < -0.4 is 5.43 Å². The maximum absolute atomic E-state index is 11.0. The van der Waals surface area contributed by atoms with Gasteiger partial charge in [0.25, 0.3) is 3.79 Å². The van der Waals surface area contributed by atoms with Crippen LogP contribution in [-0.2, 0) is 9.59 Å². The Morgan fingerprint density at radius 3 is 2.15 bits per heavy atom. The molecule has 0 bridgehead atoms. The minimum atomic E-state index is -2.18. The van der Waals surface area contributed by atoms with Crippen LogP contribution in [0.4, 0.5) is 0 Å². The molecule has 0 heterocycles. The summed E-state index contributed by atoms with van der Waals surface area (Å²) < 4.78 is -1.86. The second-order valence-electron chi connectivity index (χ2n) is 1.97. The average molecular weight is 268 g/mol. The molecule has 0 aromatic carbocycles. The standard InChI is InChI=1S/C5H6Cl4N2O2/c1-2-3(12)10-11(9)4(13)5(6,7)8/h2H2,1H3,(H,10,12). The van der Waals surface area contributed by atoms with Gasteiger partial charge in [0, 0.05) is 18.2 Å². The Morgan fingerprint density at radius 1 is 1.38 bits per heavy atom. The molecule has 0 aliphatic heterocycles. The van der Waals surface area contributed by atoms with Crippen molar-refractivity contribution in [1.29, 1.82) is 0 Å². The first-order valence-electron chi connectivity index (χ1n) is 3.15. The van der Waals surface area contributed by atoms with Gasteiger partial charge in [-0.3, -0.25) is 9.59 Å². The number of nitrogens with one attached hydrogen (secondary N) is 1. The lowest BCUT2D eigenvalue weighted by Crippen LogP contribution is -2.44. The predicted octanol–water partition coefficient (Wildman–Crippen LogP) is 1.78. The maximum atomic E-state index is 11.0. The minimum Gasteiger partial charge on any atom is -0.273 e. The Labute approximate surface area is 95.1 Å². The van der Waals surface area contributed by atoms with Gasteiger partial charge in [0.05, 0.1) is 0 Å². The van der Waals surface area contributed by atoms with Gasteiger partial charge in [0.15, 0.2) is 0 Å². The smallest absolute Gasteiger partial charge is 0.273 e. The topological polar surface area (TPSA) is 49.4 Å². The van der Waals surface area contributed by atoms with E-state index in [2.05, 4.69) is 0 Å². The van der Waals surface area contributed by atoms with Crippen molar-refractivity contribution in [2.24, 2.45) is 0 Å². The third-order valence-electron chi connectivity index (χ3n) is 0.965. The quantitative estimate of drug-likeness (QED) is 0.447. The third kappa shape index (κ3) is 4.76. The highest BCUT2D eigenvalue weighted by molar-refractivity contribution is 6.76. The normalized spacial score (nSPS) is 10.8. The van der Waals surface area contributed by atoms with Crippen LogP contribution in [0.3, 0.4) is 0 Å². The molecule has 2 amide bonds. The Kier molecular flexibility index (Phi) is 5.14. The number of hydrogen-bond donors (Lipinski definition) is 1. The highest BCUT2D eigenvalue weighted by Crippen LogP contribution is 2.28. The van der Waals surface area contributed by atoms with E-state index in [1.165, 1.54) is 0 Å². The predicted molar refractivity (Wildman–Crippen MR) is 51.4 cm³/mol. The summed E-state index contributed by atoms with van der Waals surface area (Å²) in [5.41, 5.74) is 1.99. The Hall–Kier alpha value is 0.1000. The van der Waals surface area contributed by atoms with Crippen molar-refractivity contribution in [3.8, 4) is 0 Å². The third-order valence-corrected chi connectivity index (χ3v) is 1.69. The molecule has 0 unspecified atom stereocenters. The molecule has 0 radical (unpaired) electrons. The number of carbonyl (C=O) groups excluding carboxylic acids is 2. The van der Waals surface area contributed by atoms with Crippen molar-refractivity contribution >= 4 is 58.4 Å². The maximum Gasteiger partial charge on any atom is 0.308 e. The van der Waals surface area contributed by atoms with Crippen molar-refractivity contribution < 1.29 is 9.59 Å². The van der Waals surface area contributed by atoms with Crippen molar-refractivity contribution in [2.75, 3.05) is 0 Å². The van der Waals surface area contributed by atoms with Gasteiger partial charge in [-0.15, -0.1) is 0 Å². The van der Waals surface area contributed by atoms with Crippen LogP contribution in [0, 0.1) is 0 Å². The van der Waals surface area contributed by atoms with Crippen LogP contribution in [0.5, 0.6) is 0 Å². The van der Waals surface area contributed by atoms with Crippen molar-refractivity contribution in [3.63, 3.8) is 0 Å². The number of amides is 2. The van der Waals surface area contributed by atoms with Crippen LogP contribution >= 0.6 is 46.6 Å². The second-order valence-corrected chi connectivity index (χ2v) is 4.59. The van der Waals surface area contributed by atoms with E-state index in [1.54, 1.807) is 6.92 Å². The summed E-state index contributed by atoms with van der Waals surface area (Å²) in [4.78, 5) is 21.7. The molecule has 0 atom stereocenters. The monoisotopic (exact) mass is 266 g/mol. The molecule has 76 valence electrons. The van der Waals surface area contributed by atoms with Crippen LogP contribution in [-0.4, -0.2) is 20.1 Å². The van der Waals surface area contributed by atoms with E-state index in [0.717, 1.165) is 0 Å². The second kappa shape index (κ2) is 5.10. The summed E-state index contributed by atoms with van der Waals surface area (Å²) in [6, 6.07) is 0. The number of rotatable bonds is 1. The molecule has 0 aliphatic rings. The lowest BCUT2D eigenvalue weighted by Gasteiger charge is -2.18. The first kappa shape index (κ1) is 13.1. The van der Waals surface area contributed by atoms with Gasteiger partial charge in [-0.25, -0.2) is 5.43 Å². The Morgan fingerprint density at radius 2 is 1.85 bits per heavy atom. The molecule has 13 heavy (non-hydrogen) atoms. The lowest BCUT2D eigenvalue weighted by atomic mass is 10.5. The molecule has 0 saturated heterocycles. The molecule has 0 aromatic heterocycles. The van der Waals surface area contributed by atoms with E-state index in [9.17, 15) is 9.59 Å². The van der Waals surface area contributed by atoms with Crippen molar-refractivity contribution in [3.05, 3.63) is 0 Å². The highest BCUT2D eigenvalue weighted by atomic mass is 35.6. The van der Waals surface area contributed by atoms with Gasteiger partial charge < -0.3 is 0 Å². The Balaban J connectivity index is 4.20. The number of hydrazine groups is 1. The summed E-state index contributed by atoms with van der Waals surface area (Å²) in [6.07, 6.45) is 0.163. The molecule has 1 N–H and O–H groups in total. The van der Waals surface area contributed by atoms with Gasteiger partial charge in [-0.2, -0.15) is 4.53 Å². The van der Waals surface area contributed by atoms with E-state index in [4.69, 9.17) is 46.6 Å². The van der Waals surface area contributed by atoms with Crippen LogP contribution in [0.15, 0.2) is 0 Å². The molecule has 0 saturated carbocycles. The van der Waals surface area contributed by atoms with Gasteiger partial charge in [0.1, 0.15) is 0 Å². The highest BCUT2D eigenvalue weighted by Gasteiger charge is 2.35. The SMILES string of the molecule is CCC(=O)NN(Cl)C(=O)C(Cl)(Cl)Cl. The molecule has 0 aromatic rings. The summed E-state index contributed by atoms with van der Waals surface area (Å²) in [6.45, 7) is 1.58. The fourth-order valence-corrected chi connectivity index (χ4v) is 0.955. The molecule has 4 nitrogen and oxygen atoms in total. The molecule has 8 heteroatoms. The van der Waals surface area contributed by atoms with Gasteiger partial charge >= 0.3 is 5.91 Å². The lowest BCUT2D eigenvalue weighted by molar-refractivity contribution is -0.134. The molecular weight excluding hydrogens is 262 g/mol. The van der Waals surface area contributed by atoms with Gasteiger partial charge in [0.2, 0.25) is 5.91 Å². The molecule has 0 aliphatic carbocycles.